The topological polar surface area (TPSA) is 217 Å². The fraction of sp³-hybridized carbons (Fsp3) is 0.390. The fourth-order valence-corrected chi connectivity index (χ4v) is 6.26. The van der Waals surface area contributed by atoms with Crippen LogP contribution in [0.5, 0.6) is 11.5 Å². The van der Waals surface area contributed by atoms with Gasteiger partial charge in [0.2, 0.25) is 12.2 Å². The van der Waals surface area contributed by atoms with Crippen molar-refractivity contribution in [1.82, 2.24) is 24.6 Å². The lowest BCUT2D eigenvalue weighted by molar-refractivity contribution is -0.168. The molecule has 0 spiro atoms. The second kappa shape index (κ2) is 20.5. The number of fused-ring (bicyclic) bond motifs is 1. The number of esters is 4. The third kappa shape index (κ3) is 12.6. The van der Waals surface area contributed by atoms with Gasteiger partial charge in [0.15, 0.2) is 17.6 Å². The smallest absolute Gasteiger partial charge is 0.415 e. The third-order valence-corrected chi connectivity index (χ3v) is 8.89. The van der Waals surface area contributed by atoms with Crippen molar-refractivity contribution in [3.63, 3.8) is 0 Å². The molecule has 0 aliphatic carbocycles. The molecule has 1 aliphatic heterocycles. The number of amides is 2. The Morgan fingerprint density at radius 2 is 1.51 bits per heavy atom. The second-order valence-electron chi connectivity index (χ2n) is 13.8. The Balaban J connectivity index is 1.26. The number of rotatable bonds is 17. The number of anilines is 1. The average Bonchev–Trinajstić information content (AvgIpc) is 3.59. The van der Waals surface area contributed by atoms with Gasteiger partial charge >= 0.3 is 30.0 Å². The largest absolute Gasteiger partial charge is 0.462 e. The molecule has 2 aromatic carbocycles. The van der Waals surface area contributed by atoms with E-state index in [0.717, 1.165) is 6.42 Å². The van der Waals surface area contributed by atoms with Gasteiger partial charge in [-0.3, -0.25) is 29.3 Å². The van der Waals surface area contributed by atoms with E-state index >= 15 is 0 Å². The van der Waals surface area contributed by atoms with Gasteiger partial charge in [-0.05, 0) is 61.2 Å². The maximum atomic E-state index is 13.2. The molecule has 18 heteroatoms. The van der Waals surface area contributed by atoms with Crippen LogP contribution in [0.4, 0.5) is 10.6 Å². The number of piperidine rings is 1. The molecule has 3 heterocycles. The Kier molecular flexibility index (Phi) is 15.1. The van der Waals surface area contributed by atoms with Crippen LogP contribution >= 0.6 is 0 Å². The Bertz CT molecular complexity index is 2120. The molecule has 1 aliphatic rings. The molecule has 18 nitrogen and oxygen atoms in total. The van der Waals surface area contributed by atoms with Crippen molar-refractivity contribution in [2.24, 2.45) is 5.92 Å². The van der Waals surface area contributed by atoms with Gasteiger partial charge < -0.3 is 33.3 Å². The van der Waals surface area contributed by atoms with Gasteiger partial charge in [0.25, 0.3) is 0 Å². The summed E-state index contributed by atoms with van der Waals surface area (Å²) in [6.07, 6.45) is 0.185. The first-order valence-electron chi connectivity index (χ1n) is 18.9. The number of hydrogen-bond acceptors (Lipinski definition) is 15. The Hall–Kier alpha value is -6.85. The van der Waals surface area contributed by atoms with E-state index in [1.54, 1.807) is 28.6 Å². The summed E-state index contributed by atoms with van der Waals surface area (Å²) in [6.45, 7) is 9.25. The molecule has 59 heavy (non-hydrogen) atoms. The highest BCUT2D eigenvalue weighted by molar-refractivity contribution is 6.03. The molecule has 0 saturated carbocycles. The number of carbonyl (C=O) groups is 6. The number of aromatic nitrogens is 4. The quantitative estimate of drug-likeness (QED) is 0.0600. The fourth-order valence-electron chi connectivity index (χ4n) is 6.26. The van der Waals surface area contributed by atoms with Crippen molar-refractivity contribution in [1.29, 1.82) is 0 Å². The van der Waals surface area contributed by atoms with Gasteiger partial charge in [0, 0.05) is 52.3 Å². The maximum absolute atomic E-state index is 13.2. The van der Waals surface area contributed by atoms with Crippen LogP contribution in [0.1, 0.15) is 59.4 Å². The van der Waals surface area contributed by atoms with Crippen LogP contribution in [-0.2, 0) is 47.7 Å². The normalized spacial score (nSPS) is 14.7. The van der Waals surface area contributed by atoms with Gasteiger partial charge in [-0.2, -0.15) is 5.10 Å². The summed E-state index contributed by atoms with van der Waals surface area (Å²) in [5.74, 6) is -2.11. The highest BCUT2D eigenvalue weighted by atomic mass is 16.7. The van der Waals surface area contributed by atoms with Crippen molar-refractivity contribution in [2.75, 3.05) is 31.6 Å². The first-order valence-corrected chi connectivity index (χ1v) is 18.9. The van der Waals surface area contributed by atoms with E-state index < -0.39 is 48.3 Å². The summed E-state index contributed by atoms with van der Waals surface area (Å²) in [6, 6.07) is 16.3. The minimum absolute atomic E-state index is 0.0760. The molecular weight excluding hydrogens is 768 g/mol. The predicted octanol–water partition coefficient (Wildman–Crippen LogP) is 5.53. The van der Waals surface area contributed by atoms with Crippen molar-refractivity contribution >= 4 is 52.7 Å². The lowest BCUT2D eigenvalue weighted by atomic mass is 10.0. The molecule has 2 aromatic heterocycles. The van der Waals surface area contributed by atoms with E-state index in [-0.39, 0.29) is 43.8 Å². The lowest BCUT2D eigenvalue weighted by Gasteiger charge is -2.32. The molecule has 1 fully saturated rings. The van der Waals surface area contributed by atoms with Gasteiger partial charge in [0.1, 0.15) is 36.7 Å². The summed E-state index contributed by atoms with van der Waals surface area (Å²) >= 11 is 0. The zero-order valence-electron chi connectivity index (χ0n) is 33.2. The standard InChI is InChI=1S/C41H46N6O12/c1-6-34(50)46-18-10-11-30(21-46)47-40-37(38(45-47)29-14-16-32(17-15-29)58-31-12-8-7-9-13-31)39(42-24-43-40)44-41(53)57-28(5)56-35(51)19-25(2)20-36(52)59-33(22-54-26(3)48)23-55-27(4)49/h6-9,12-17,24-25,28,30,33H,1,10-11,18-23H2,2-5H3,(H,42,43,44,53)/t25?,28?,30-/m1/s1. The number of hydrogen-bond donors (Lipinski definition) is 1. The van der Waals surface area contributed by atoms with Crippen molar-refractivity contribution in [3.8, 4) is 22.8 Å². The monoisotopic (exact) mass is 814 g/mol. The first-order chi connectivity index (χ1) is 28.3. The van der Waals surface area contributed by atoms with Gasteiger partial charge in [-0.25, -0.2) is 19.4 Å². The SMILES string of the molecule is C=CC(=O)N1CCC[C@@H](n2nc(-c3ccc(Oc4ccccc4)cc3)c3c(NC(=O)OC(C)OC(=O)CC(C)CC(=O)OC(COC(C)=O)COC(C)=O)ncnc32)C1. The summed E-state index contributed by atoms with van der Waals surface area (Å²) in [5, 5.41) is 7.99. The number of nitrogens with zero attached hydrogens (tertiary/aromatic N) is 5. The van der Waals surface area contributed by atoms with Gasteiger partial charge in [-0.15, -0.1) is 0 Å². The summed E-state index contributed by atoms with van der Waals surface area (Å²) < 4.78 is 33.4. The highest BCUT2D eigenvalue weighted by Crippen LogP contribution is 2.36. The molecule has 5 rings (SSSR count). The van der Waals surface area contributed by atoms with E-state index in [9.17, 15) is 28.8 Å². The summed E-state index contributed by atoms with van der Waals surface area (Å²) in [7, 11) is 0. The zero-order valence-corrected chi connectivity index (χ0v) is 33.2. The number of likely N-dealkylation sites (tertiary alicyclic amines) is 1. The Labute approximate surface area is 339 Å². The Morgan fingerprint density at radius 1 is 0.864 bits per heavy atom. The molecule has 2 unspecified atom stereocenters. The van der Waals surface area contributed by atoms with E-state index in [4.69, 9.17) is 33.5 Å². The van der Waals surface area contributed by atoms with Gasteiger partial charge in [0.05, 0.1) is 11.4 Å². The molecule has 0 bridgehead atoms. The molecular formula is C41H46N6O12. The first kappa shape index (κ1) is 43.3. The third-order valence-electron chi connectivity index (χ3n) is 8.89. The zero-order chi connectivity index (χ0) is 42.5. The van der Waals surface area contributed by atoms with Gasteiger partial charge in [-0.1, -0.05) is 31.7 Å². The minimum atomic E-state index is -1.34. The van der Waals surface area contributed by atoms with Crippen LogP contribution in [0, 0.1) is 5.92 Å². The van der Waals surface area contributed by atoms with Crippen LogP contribution in [0.3, 0.4) is 0 Å². The summed E-state index contributed by atoms with van der Waals surface area (Å²) in [5.41, 5.74) is 1.52. The summed E-state index contributed by atoms with van der Waals surface area (Å²) in [4.78, 5) is 84.0. The van der Waals surface area contributed by atoms with E-state index in [1.807, 2.05) is 42.5 Å². The second-order valence-corrected chi connectivity index (χ2v) is 13.8. The molecule has 2 amide bonds. The van der Waals surface area contributed by atoms with E-state index in [0.29, 0.717) is 53.3 Å². The van der Waals surface area contributed by atoms with Crippen LogP contribution in [0.2, 0.25) is 0 Å². The van der Waals surface area contributed by atoms with Crippen molar-refractivity contribution < 1.29 is 57.2 Å². The van der Waals surface area contributed by atoms with Crippen LogP contribution in [0.25, 0.3) is 22.3 Å². The number of ether oxygens (including phenoxy) is 6. The molecule has 4 aromatic rings. The molecule has 3 atom stereocenters. The van der Waals surface area contributed by atoms with Crippen LogP contribution < -0.4 is 10.1 Å². The van der Waals surface area contributed by atoms with E-state index in [2.05, 4.69) is 21.9 Å². The number of carbonyl (C=O) groups excluding carboxylic acids is 6. The van der Waals surface area contributed by atoms with E-state index in [1.165, 1.54) is 33.2 Å². The lowest BCUT2D eigenvalue weighted by Crippen LogP contribution is -2.40. The number of para-hydroxylation sites is 1. The van der Waals surface area contributed by atoms with Crippen LogP contribution in [-0.4, -0.2) is 99.2 Å². The highest BCUT2D eigenvalue weighted by Gasteiger charge is 2.29. The number of nitrogens with one attached hydrogen (secondary N) is 1. The van der Waals surface area contributed by atoms with Crippen molar-refractivity contribution in [3.05, 3.63) is 73.6 Å². The van der Waals surface area contributed by atoms with Crippen molar-refractivity contribution in [2.45, 2.75) is 71.8 Å². The molecule has 1 saturated heterocycles. The number of benzene rings is 2. The average molecular weight is 815 g/mol. The minimum Gasteiger partial charge on any atom is -0.462 e. The molecule has 312 valence electrons. The molecule has 1 N–H and O–H groups in total. The Morgan fingerprint density at radius 3 is 2.15 bits per heavy atom. The van der Waals surface area contributed by atoms with Crippen LogP contribution in [0.15, 0.2) is 73.6 Å². The maximum Gasteiger partial charge on any atom is 0.415 e. The molecule has 0 radical (unpaired) electrons. The predicted molar refractivity (Wildman–Crippen MR) is 210 cm³/mol.